The molecule has 0 aromatic heterocycles. The molecule has 0 bridgehead atoms. The fraction of sp³-hybridized carbons (Fsp3) is 0.136. The number of hydrogen-bond donors (Lipinski definition) is 1. The van der Waals surface area contributed by atoms with Gasteiger partial charge in [0.2, 0.25) is 0 Å². The number of para-hydroxylation sites is 1. The van der Waals surface area contributed by atoms with Gasteiger partial charge in [-0.2, -0.15) is 0 Å². The average Bonchev–Trinajstić information content (AvgIpc) is 2.71. The number of rotatable bonds is 8. The summed E-state index contributed by atoms with van der Waals surface area (Å²) < 4.78 is 29.8. The van der Waals surface area contributed by atoms with Crippen molar-refractivity contribution in [1.82, 2.24) is 0 Å². The van der Waals surface area contributed by atoms with E-state index in [1.807, 2.05) is 31.2 Å². The van der Waals surface area contributed by atoms with Crippen LogP contribution in [-0.2, 0) is 4.79 Å². The van der Waals surface area contributed by atoms with E-state index < -0.39 is 5.82 Å². The Hall–Kier alpha value is -3.54. The normalized spacial score (nSPS) is 10.2. The van der Waals surface area contributed by atoms with Crippen LogP contribution >= 0.6 is 0 Å². The van der Waals surface area contributed by atoms with Gasteiger partial charge in [-0.15, -0.1) is 0 Å². The third-order valence-corrected chi connectivity index (χ3v) is 3.70. The van der Waals surface area contributed by atoms with Crippen LogP contribution in [0, 0.1) is 5.82 Å². The van der Waals surface area contributed by atoms with Crippen LogP contribution in [0.2, 0.25) is 0 Å². The van der Waals surface area contributed by atoms with E-state index in [1.54, 1.807) is 36.4 Å². The molecule has 0 unspecified atom stereocenters. The first-order chi connectivity index (χ1) is 13.6. The van der Waals surface area contributed by atoms with Gasteiger partial charge in [0.05, 0.1) is 6.61 Å². The summed E-state index contributed by atoms with van der Waals surface area (Å²) in [6.45, 7) is 2.25. The molecule has 0 fully saturated rings. The number of nitrogens with one attached hydrogen (secondary N) is 1. The Morgan fingerprint density at radius 1 is 0.857 bits per heavy atom. The molecule has 1 amide bonds. The lowest BCUT2D eigenvalue weighted by Crippen LogP contribution is -2.20. The molecule has 3 aromatic carbocycles. The Morgan fingerprint density at radius 2 is 1.46 bits per heavy atom. The number of halogens is 1. The highest BCUT2D eigenvalue weighted by Crippen LogP contribution is 2.25. The predicted octanol–water partition coefficient (Wildman–Crippen LogP) is 5.03. The van der Waals surface area contributed by atoms with Crippen molar-refractivity contribution in [2.75, 3.05) is 18.5 Å². The van der Waals surface area contributed by atoms with E-state index in [0.29, 0.717) is 23.8 Å². The Labute approximate surface area is 162 Å². The zero-order valence-electron chi connectivity index (χ0n) is 15.4. The lowest BCUT2D eigenvalue weighted by Gasteiger charge is -2.10. The zero-order chi connectivity index (χ0) is 19.8. The Bertz CT molecular complexity index is 911. The first-order valence-electron chi connectivity index (χ1n) is 8.82. The summed E-state index contributed by atoms with van der Waals surface area (Å²) in [6, 6.07) is 20.2. The van der Waals surface area contributed by atoms with E-state index in [0.717, 1.165) is 5.75 Å². The molecule has 6 heteroatoms. The molecule has 0 heterocycles. The van der Waals surface area contributed by atoms with Gasteiger partial charge in [-0.05, 0) is 67.6 Å². The molecule has 0 saturated carbocycles. The minimum atomic E-state index is -0.508. The van der Waals surface area contributed by atoms with Gasteiger partial charge in [-0.3, -0.25) is 4.79 Å². The minimum absolute atomic E-state index is 0.0387. The number of benzene rings is 3. The van der Waals surface area contributed by atoms with E-state index in [2.05, 4.69) is 5.32 Å². The highest BCUT2D eigenvalue weighted by molar-refractivity contribution is 5.91. The van der Waals surface area contributed by atoms with Crippen molar-refractivity contribution >= 4 is 11.6 Å². The molecular weight excluding hydrogens is 361 g/mol. The van der Waals surface area contributed by atoms with Gasteiger partial charge in [-0.25, -0.2) is 4.39 Å². The first kappa shape index (κ1) is 19.2. The maximum atomic E-state index is 13.5. The van der Waals surface area contributed by atoms with Crippen molar-refractivity contribution in [1.29, 1.82) is 0 Å². The van der Waals surface area contributed by atoms with Crippen LogP contribution in [0.4, 0.5) is 10.1 Å². The van der Waals surface area contributed by atoms with Gasteiger partial charge < -0.3 is 19.5 Å². The van der Waals surface area contributed by atoms with Crippen molar-refractivity contribution in [2.45, 2.75) is 6.92 Å². The average molecular weight is 381 g/mol. The molecule has 3 aromatic rings. The van der Waals surface area contributed by atoms with Crippen LogP contribution in [0.1, 0.15) is 6.92 Å². The predicted molar refractivity (Wildman–Crippen MR) is 105 cm³/mol. The van der Waals surface area contributed by atoms with Gasteiger partial charge in [0, 0.05) is 5.69 Å². The summed E-state index contributed by atoms with van der Waals surface area (Å²) in [5.41, 5.74) is 0.584. The molecule has 0 aliphatic carbocycles. The van der Waals surface area contributed by atoms with Gasteiger partial charge in [-0.1, -0.05) is 12.1 Å². The summed E-state index contributed by atoms with van der Waals surface area (Å²) in [7, 11) is 0. The van der Waals surface area contributed by atoms with Gasteiger partial charge in [0.15, 0.2) is 18.2 Å². The SMILES string of the molecule is CCOc1ccc(Oc2ccc(NC(=O)COc3ccccc3F)cc2)cc1. The maximum absolute atomic E-state index is 13.5. The van der Waals surface area contributed by atoms with E-state index >= 15 is 0 Å². The number of carbonyl (C=O) groups is 1. The molecule has 0 aliphatic rings. The number of amides is 1. The smallest absolute Gasteiger partial charge is 0.262 e. The van der Waals surface area contributed by atoms with E-state index in [1.165, 1.54) is 12.1 Å². The van der Waals surface area contributed by atoms with Crippen molar-refractivity contribution in [3.63, 3.8) is 0 Å². The van der Waals surface area contributed by atoms with Crippen molar-refractivity contribution < 1.29 is 23.4 Å². The van der Waals surface area contributed by atoms with Crippen LogP contribution in [0.15, 0.2) is 72.8 Å². The fourth-order valence-corrected chi connectivity index (χ4v) is 2.42. The molecule has 0 saturated heterocycles. The summed E-state index contributed by atoms with van der Waals surface area (Å²) in [5, 5.41) is 2.69. The second-order valence-electron chi connectivity index (χ2n) is 5.80. The second kappa shape index (κ2) is 9.41. The number of anilines is 1. The lowest BCUT2D eigenvalue weighted by molar-refractivity contribution is -0.118. The number of carbonyl (C=O) groups excluding carboxylic acids is 1. The molecule has 28 heavy (non-hydrogen) atoms. The molecular formula is C22H20FNO4. The Balaban J connectivity index is 1.51. The van der Waals surface area contributed by atoms with Gasteiger partial charge in [0.1, 0.15) is 17.2 Å². The number of hydrogen-bond acceptors (Lipinski definition) is 4. The Kier molecular flexibility index (Phi) is 6.46. The van der Waals surface area contributed by atoms with Crippen LogP contribution in [0.3, 0.4) is 0 Å². The van der Waals surface area contributed by atoms with E-state index in [4.69, 9.17) is 14.2 Å². The van der Waals surface area contributed by atoms with Crippen molar-refractivity contribution in [2.24, 2.45) is 0 Å². The summed E-state index contributed by atoms with van der Waals surface area (Å²) in [4.78, 5) is 12.0. The van der Waals surface area contributed by atoms with Crippen LogP contribution in [0.5, 0.6) is 23.0 Å². The molecule has 0 radical (unpaired) electrons. The van der Waals surface area contributed by atoms with Gasteiger partial charge in [0.25, 0.3) is 5.91 Å². The molecule has 5 nitrogen and oxygen atoms in total. The molecule has 144 valence electrons. The second-order valence-corrected chi connectivity index (χ2v) is 5.80. The van der Waals surface area contributed by atoms with E-state index in [-0.39, 0.29) is 18.3 Å². The highest BCUT2D eigenvalue weighted by atomic mass is 19.1. The monoisotopic (exact) mass is 381 g/mol. The van der Waals surface area contributed by atoms with Crippen LogP contribution < -0.4 is 19.5 Å². The van der Waals surface area contributed by atoms with E-state index in [9.17, 15) is 9.18 Å². The highest BCUT2D eigenvalue weighted by Gasteiger charge is 2.07. The molecule has 0 spiro atoms. The maximum Gasteiger partial charge on any atom is 0.262 e. The van der Waals surface area contributed by atoms with Gasteiger partial charge >= 0.3 is 0 Å². The number of ether oxygens (including phenoxy) is 3. The first-order valence-corrected chi connectivity index (χ1v) is 8.82. The Morgan fingerprint density at radius 3 is 2.11 bits per heavy atom. The third kappa shape index (κ3) is 5.48. The summed E-state index contributed by atoms with van der Waals surface area (Å²) in [6.07, 6.45) is 0. The van der Waals surface area contributed by atoms with Crippen molar-refractivity contribution in [3.05, 3.63) is 78.6 Å². The van der Waals surface area contributed by atoms with Crippen molar-refractivity contribution in [3.8, 4) is 23.0 Å². The largest absolute Gasteiger partial charge is 0.494 e. The fourth-order valence-electron chi connectivity index (χ4n) is 2.42. The zero-order valence-corrected chi connectivity index (χ0v) is 15.4. The third-order valence-electron chi connectivity index (χ3n) is 3.70. The minimum Gasteiger partial charge on any atom is -0.494 e. The summed E-state index contributed by atoms with van der Waals surface area (Å²) in [5.74, 6) is 1.24. The summed E-state index contributed by atoms with van der Waals surface area (Å²) >= 11 is 0. The quantitative estimate of drug-likeness (QED) is 0.594. The molecule has 3 rings (SSSR count). The van der Waals surface area contributed by atoms with Crippen LogP contribution in [0.25, 0.3) is 0 Å². The molecule has 0 aliphatic heterocycles. The molecule has 0 atom stereocenters. The molecule has 1 N–H and O–H groups in total. The van der Waals surface area contributed by atoms with Crippen LogP contribution in [-0.4, -0.2) is 19.1 Å². The topological polar surface area (TPSA) is 56.8 Å². The standard InChI is InChI=1S/C22H20FNO4/c1-2-26-17-11-13-19(14-12-17)28-18-9-7-16(8-10-18)24-22(25)15-27-21-6-4-3-5-20(21)23/h3-14H,2,15H2,1H3,(H,24,25). The lowest BCUT2D eigenvalue weighted by atomic mass is 10.3.